The van der Waals surface area contributed by atoms with Crippen molar-refractivity contribution in [3.8, 4) is 21.8 Å². The highest BCUT2D eigenvalue weighted by Gasteiger charge is 2.15. The van der Waals surface area contributed by atoms with Crippen molar-refractivity contribution in [3.05, 3.63) is 46.3 Å². The zero-order valence-electron chi connectivity index (χ0n) is 10.1. The summed E-state index contributed by atoms with van der Waals surface area (Å²) >= 11 is 1.58. The molecule has 0 saturated heterocycles. The van der Waals surface area contributed by atoms with Crippen LogP contribution in [0, 0.1) is 0 Å². The van der Waals surface area contributed by atoms with Crippen LogP contribution in [0.5, 0.6) is 0 Å². The quantitative estimate of drug-likeness (QED) is 0.584. The molecule has 0 unspecified atom stereocenters. The van der Waals surface area contributed by atoms with Gasteiger partial charge in [-0.25, -0.2) is 0 Å². The molecule has 4 heterocycles. The molecule has 4 aromatic heterocycles. The van der Waals surface area contributed by atoms with Gasteiger partial charge in [-0.1, -0.05) is 6.07 Å². The molecule has 0 amide bonds. The Morgan fingerprint density at radius 1 is 1.25 bits per heavy atom. The van der Waals surface area contributed by atoms with Crippen LogP contribution in [0.25, 0.3) is 27.5 Å². The van der Waals surface area contributed by atoms with Crippen LogP contribution in [-0.2, 0) is 0 Å². The number of rotatable bonds is 2. The Morgan fingerprint density at radius 3 is 2.95 bits per heavy atom. The van der Waals surface area contributed by atoms with E-state index in [1.807, 2.05) is 17.5 Å². The fraction of sp³-hybridized carbons (Fsp3) is 0. The first-order valence-corrected chi connectivity index (χ1v) is 6.73. The van der Waals surface area contributed by atoms with Gasteiger partial charge in [-0.2, -0.15) is 9.61 Å². The van der Waals surface area contributed by atoms with Gasteiger partial charge in [0.1, 0.15) is 0 Å². The summed E-state index contributed by atoms with van der Waals surface area (Å²) in [6, 6.07) is 5.61. The molecule has 0 aromatic carbocycles. The second kappa shape index (κ2) is 4.14. The zero-order chi connectivity index (χ0) is 13.5. The van der Waals surface area contributed by atoms with Crippen LogP contribution in [0.4, 0.5) is 0 Å². The smallest absolute Gasteiger partial charge is 0.296 e. The zero-order valence-corrected chi connectivity index (χ0v) is 10.9. The molecule has 0 bridgehead atoms. The lowest BCUT2D eigenvalue weighted by Gasteiger charge is -1.97. The number of hydrogen-bond donors (Lipinski definition) is 2. The number of fused-ring (bicyclic) bond motifs is 1. The number of H-pyrrole nitrogens is 2. The molecule has 0 atom stereocenters. The maximum atomic E-state index is 12.4. The van der Waals surface area contributed by atoms with E-state index in [1.54, 1.807) is 29.8 Å². The lowest BCUT2D eigenvalue weighted by atomic mass is 10.3. The lowest BCUT2D eigenvalue weighted by molar-refractivity contribution is 0.854. The molecule has 0 fully saturated rings. The monoisotopic (exact) mass is 284 g/mol. The van der Waals surface area contributed by atoms with Gasteiger partial charge in [0, 0.05) is 17.3 Å². The Bertz CT molecular complexity index is 919. The van der Waals surface area contributed by atoms with Crippen molar-refractivity contribution in [2.45, 2.75) is 0 Å². The first-order valence-electron chi connectivity index (χ1n) is 5.85. The largest absolute Gasteiger partial charge is 0.301 e. The van der Waals surface area contributed by atoms with Crippen molar-refractivity contribution >= 4 is 17.0 Å². The summed E-state index contributed by atoms with van der Waals surface area (Å²) in [5.74, 6) is 0. The van der Waals surface area contributed by atoms with Crippen LogP contribution in [0.1, 0.15) is 0 Å². The molecule has 4 aromatic rings. The predicted molar refractivity (Wildman–Crippen MR) is 74.5 cm³/mol. The minimum Gasteiger partial charge on any atom is -0.296 e. The number of hydrogen-bond acceptors (Lipinski definition) is 5. The van der Waals surface area contributed by atoms with Crippen LogP contribution >= 0.6 is 11.3 Å². The summed E-state index contributed by atoms with van der Waals surface area (Å²) in [6.45, 7) is 0. The molecule has 0 aliphatic heterocycles. The van der Waals surface area contributed by atoms with Crippen LogP contribution in [0.15, 0.2) is 40.8 Å². The van der Waals surface area contributed by atoms with Gasteiger partial charge in [0.2, 0.25) is 0 Å². The minimum atomic E-state index is -0.262. The Kier molecular flexibility index (Phi) is 2.30. The molecule has 0 aliphatic rings. The first kappa shape index (κ1) is 11.1. The molecule has 0 saturated carbocycles. The molecule has 0 spiro atoms. The van der Waals surface area contributed by atoms with Crippen LogP contribution in [0.3, 0.4) is 0 Å². The number of nitrogens with one attached hydrogen (secondary N) is 2. The second-order valence-electron chi connectivity index (χ2n) is 4.15. The van der Waals surface area contributed by atoms with Crippen molar-refractivity contribution in [3.63, 3.8) is 0 Å². The molecule has 4 rings (SSSR count). The third kappa shape index (κ3) is 1.51. The van der Waals surface area contributed by atoms with E-state index >= 15 is 0 Å². The van der Waals surface area contributed by atoms with E-state index in [0.717, 1.165) is 10.4 Å². The molecule has 8 heteroatoms. The molecule has 2 N–H and O–H groups in total. The minimum absolute atomic E-state index is 0.236. The number of nitrogens with zero attached hydrogens (tertiary/aromatic N) is 4. The highest BCUT2D eigenvalue weighted by atomic mass is 32.1. The summed E-state index contributed by atoms with van der Waals surface area (Å²) in [7, 11) is 0. The van der Waals surface area contributed by atoms with E-state index in [1.165, 1.54) is 4.52 Å². The van der Waals surface area contributed by atoms with E-state index in [2.05, 4.69) is 25.5 Å². The van der Waals surface area contributed by atoms with Gasteiger partial charge in [0.15, 0.2) is 11.3 Å². The van der Waals surface area contributed by atoms with Crippen molar-refractivity contribution in [2.24, 2.45) is 0 Å². The number of aromatic amines is 2. The molecule has 7 nitrogen and oxygen atoms in total. The molecule has 20 heavy (non-hydrogen) atoms. The first-order chi connectivity index (χ1) is 9.84. The van der Waals surface area contributed by atoms with E-state index in [9.17, 15) is 4.79 Å². The molecular weight excluding hydrogens is 276 g/mol. The summed E-state index contributed by atoms with van der Waals surface area (Å²) in [6.07, 6.45) is 3.32. The average Bonchev–Trinajstić information content (AvgIpc) is 3.20. The molecular formula is C12H8N6OS. The van der Waals surface area contributed by atoms with Crippen LogP contribution < -0.4 is 5.56 Å². The van der Waals surface area contributed by atoms with Gasteiger partial charge in [-0.05, 0) is 17.5 Å². The van der Waals surface area contributed by atoms with Crippen molar-refractivity contribution in [1.29, 1.82) is 0 Å². The van der Waals surface area contributed by atoms with Crippen molar-refractivity contribution < 1.29 is 0 Å². The summed E-state index contributed by atoms with van der Waals surface area (Å²) in [5, 5.41) is 19.6. The second-order valence-corrected chi connectivity index (χ2v) is 5.10. The van der Waals surface area contributed by atoms with Gasteiger partial charge in [0.05, 0.1) is 11.3 Å². The third-order valence-corrected chi connectivity index (χ3v) is 3.89. The summed E-state index contributed by atoms with van der Waals surface area (Å²) in [5.41, 5.74) is 1.90. The highest BCUT2D eigenvalue weighted by Crippen LogP contribution is 2.26. The average molecular weight is 284 g/mol. The molecule has 98 valence electrons. The lowest BCUT2D eigenvalue weighted by Crippen LogP contribution is -2.19. The Labute approximate surface area is 115 Å². The third-order valence-electron chi connectivity index (χ3n) is 2.98. The molecule has 0 radical (unpaired) electrons. The molecule has 0 aliphatic carbocycles. The van der Waals surface area contributed by atoms with E-state index in [4.69, 9.17) is 0 Å². The van der Waals surface area contributed by atoms with Gasteiger partial charge in [-0.15, -0.1) is 21.5 Å². The SMILES string of the molecule is O=c1c(-c2ccn[nH]2)nnc2c(-c3cccs3)c[nH]n12. The Balaban J connectivity index is 1.98. The summed E-state index contributed by atoms with van der Waals surface area (Å²) < 4.78 is 1.39. The fourth-order valence-corrected chi connectivity index (χ4v) is 2.78. The van der Waals surface area contributed by atoms with Gasteiger partial charge in [-0.3, -0.25) is 15.0 Å². The number of aromatic nitrogens is 6. The van der Waals surface area contributed by atoms with Crippen molar-refractivity contribution in [2.75, 3.05) is 0 Å². The normalized spacial score (nSPS) is 11.2. The predicted octanol–water partition coefficient (Wildman–Crippen LogP) is 1.54. The maximum absolute atomic E-state index is 12.4. The maximum Gasteiger partial charge on any atom is 0.301 e. The Hall–Kier alpha value is -2.74. The standard InChI is InChI=1S/C12H8N6OS/c19-12-10(8-3-4-13-15-8)16-17-11-7(6-14-18(11)12)9-2-1-5-20-9/h1-6,14H,(H,13,15). The van der Waals surface area contributed by atoms with E-state index < -0.39 is 0 Å². The van der Waals surface area contributed by atoms with E-state index in [-0.39, 0.29) is 11.3 Å². The highest BCUT2D eigenvalue weighted by molar-refractivity contribution is 7.13. The topological polar surface area (TPSA) is 91.7 Å². The van der Waals surface area contributed by atoms with Crippen LogP contribution in [0.2, 0.25) is 0 Å². The Morgan fingerprint density at radius 2 is 2.20 bits per heavy atom. The van der Waals surface area contributed by atoms with Crippen LogP contribution in [-0.4, -0.2) is 30.0 Å². The van der Waals surface area contributed by atoms with E-state index in [0.29, 0.717) is 11.3 Å². The summed E-state index contributed by atoms with van der Waals surface area (Å²) in [4.78, 5) is 13.4. The van der Waals surface area contributed by atoms with Gasteiger partial charge >= 0.3 is 5.56 Å². The van der Waals surface area contributed by atoms with Gasteiger partial charge in [0.25, 0.3) is 0 Å². The number of thiophene rings is 1. The van der Waals surface area contributed by atoms with Gasteiger partial charge < -0.3 is 0 Å². The van der Waals surface area contributed by atoms with Crippen molar-refractivity contribution in [1.82, 2.24) is 30.0 Å². The fourth-order valence-electron chi connectivity index (χ4n) is 2.04.